The molecule has 0 saturated heterocycles. The van der Waals surface area contributed by atoms with Gasteiger partial charge in [-0.05, 0) is 80.1 Å². The fraction of sp³-hybridized carbons (Fsp3) is 0.167. The number of aldehydes is 1. The number of nitrogens with one attached hydrogen (secondary N) is 2. The van der Waals surface area contributed by atoms with Gasteiger partial charge in [0, 0.05) is 71.0 Å². The van der Waals surface area contributed by atoms with Crippen molar-refractivity contribution in [3.05, 3.63) is 153 Å². The summed E-state index contributed by atoms with van der Waals surface area (Å²) in [5, 5.41) is 10.7. The molecule has 3 heterocycles. The number of nitrogen functional groups attached to an aromatic ring is 1. The number of benzene rings is 4. The SMILES string of the molecule is CC(=N)c1cc(C=O)cc(F)c1N.CCn1cncc1Cn1c(Cc2cc(F)c(-c3cccc(OCc4ccc(Cl)cc4F)n3)cc2F)nc2cc(NC)ccc21. The van der Waals surface area contributed by atoms with Crippen LogP contribution < -0.4 is 15.8 Å². The number of hydrogen-bond acceptors (Lipinski definition) is 8. The van der Waals surface area contributed by atoms with Crippen molar-refractivity contribution in [1.82, 2.24) is 24.1 Å². The van der Waals surface area contributed by atoms with Crippen molar-refractivity contribution >= 4 is 46.0 Å². The minimum Gasteiger partial charge on any atom is -0.473 e. The molecule has 0 aliphatic carbocycles. The van der Waals surface area contributed by atoms with Crippen LogP contribution in [0, 0.1) is 28.7 Å². The number of rotatable bonds is 12. The largest absolute Gasteiger partial charge is 0.473 e. The molecular formula is C42H37ClF4N8O2. The minimum absolute atomic E-state index is 0.0200. The van der Waals surface area contributed by atoms with E-state index in [9.17, 15) is 13.6 Å². The number of halogens is 5. The van der Waals surface area contributed by atoms with Gasteiger partial charge < -0.3 is 30.3 Å². The molecule has 0 radical (unpaired) electrons. The van der Waals surface area contributed by atoms with Crippen LogP contribution in [0.5, 0.6) is 5.88 Å². The van der Waals surface area contributed by atoms with Crippen LogP contribution in [0.25, 0.3) is 22.3 Å². The van der Waals surface area contributed by atoms with Gasteiger partial charge in [0.15, 0.2) is 0 Å². The van der Waals surface area contributed by atoms with Crippen molar-refractivity contribution in [1.29, 1.82) is 5.41 Å². The lowest BCUT2D eigenvalue weighted by atomic mass is 10.0. The Morgan fingerprint density at radius 2 is 1.74 bits per heavy atom. The third-order valence-electron chi connectivity index (χ3n) is 9.14. The number of nitrogens with two attached hydrogens (primary N) is 1. The first-order valence-electron chi connectivity index (χ1n) is 17.7. The summed E-state index contributed by atoms with van der Waals surface area (Å²) < 4.78 is 68.0. The zero-order chi connectivity index (χ0) is 40.8. The van der Waals surface area contributed by atoms with Crippen molar-refractivity contribution in [3.63, 3.8) is 0 Å². The first-order chi connectivity index (χ1) is 27.4. The third-order valence-corrected chi connectivity index (χ3v) is 9.38. The molecule has 0 unspecified atom stereocenters. The second kappa shape index (κ2) is 17.5. The number of anilines is 2. The van der Waals surface area contributed by atoms with Crippen molar-refractivity contribution in [2.75, 3.05) is 18.1 Å². The van der Waals surface area contributed by atoms with E-state index in [2.05, 4.69) is 15.3 Å². The Morgan fingerprint density at radius 1 is 0.947 bits per heavy atom. The number of pyridine rings is 1. The summed E-state index contributed by atoms with van der Waals surface area (Å²) in [7, 11) is 1.83. The fourth-order valence-corrected chi connectivity index (χ4v) is 6.27. The van der Waals surface area contributed by atoms with Gasteiger partial charge in [0.1, 0.15) is 42.0 Å². The Morgan fingerprint density at radius 3 is 2.46 bits per heavy atom. The summed E-state index contributed by atoms with van der Waals surface area (Å²) >= 11 is 5.81. The Kier molecular flexibility index (Phi) is 12.3. The first kappa shape index (κ1) is 40.1. The number of aryl methyl sites for hydroxylation is 1. The summed E-state index contributed by atoms with van der Waals surface area (Å²) in [6, 6.07) is 19.6. The van der Waals surface area contributed by atoms with Crippen LogP contribution in [0.2, 0.25) is 5.02 Å². The van der Waals surface area contributed by atoms with Gasteiger partial charge in [0.25, 0.3) is 0 Å². The highest BCUT2D eigenvalue weighted by atomic mass is 35.5. The second-order valence-corrected chi connectivity index (χ2v) is 13.4. The Bertz CT molecular complexity index is 2610. The van der Waals surface area contributed by atoms with Crippen LogP contribution in [-0.2, 0) is 26.1 Å². The molecule has 0 saturated carbocycles. The Balaban J connectivity index is 0.000000360. The molecule has 7 rings (SSSR count). The first-order valence-corrected chi connectivity index (χ1v) is 18.0. The smallest absolute Gasteiger partial charge is 0.214 e. The number of hydrogen-bond donors (Lipinski definition) is 3. The van der Waals surface area contributed by atoms with Gasteiger partial charge in [-0.15, -0.1) is 0 Å². The highest BCUT2D eigenvalue weighted by molar-refractivity contribution is 6.30. The lowest BCUT2D eigenvalue weighted by molar-refractivity contribution is 0.112. The monoisotopic (exact) mass is 796 g/mol. The Hall–Kier alpha value is -6.54. The lowest BCUT2D eigenvalue weighted by Gasteiger charge is -2.13. The number of nitrogens with zero attached hydrogens (tertiary/aromatic N) is 5. The molecule has 7 aromatic rings. The molecule has 0 aliphatic rings. The van der Waals surface area contributed by atoms with Crippen LogP contribution in [0.3, 0.4) is 0 Å². The maximum absolute atomic E-state index is 15.6. The highest BCUT2D eigenvalue weighted by Crippen LogP contribution is 2.29. The predicted molar refractivity (Wildman–Crippen MR) is 213 cm³/mol. The van der Waals surface area contributed by atoms with E-state index in [0.717, 1.165) is 41.1 Å². The van der Waals surface area contributed by atoms with E-state index in [-0.39, 0.29) is 68.8 Å². The van der Waals surface area contributed by atoms with Crippen LogP contribution in [0.1, 0.15) is 52.4 Å². The molecule has 0 fully saturated rings. The molecule has 10 nitrogen and oxygen atoms in total. The van der Waals surface area contributed by atoms with Crippen LogP contribution >= 0.6 is 11.6 Å². The lowest BCUT2D eigenvalue weighted by Crippen LogP contribution is -2.10. The third kappa shape index (κ3) is 9.13. The van der Waals surface area contributed by atoms with Crippen LogP contribution in [0.15, 0.2) is 91.4 Å². The average molecular weight is 797 g/mol. The molecule has 4 aromatic carbocycles. The number of carbonyl (C=O) groups is 1. The number of carbonyl (C=O) groups excluding carboxylic acids is 1. The average Bonchev–Trinajstić information content (AvgIpc) is 3.80. The van der Waals surface area contributed by atoms with E-state index >= 15 is 8.78 Å². The normalized spacial score (nSPS) is 10.9. The van der Waals surface area contributed by atoms with Gasteiger partial charge in [0.2, 0.25) is 5.88 Å². The van der Waals surface area contributed by atoms with Gasteiger partial charge in [0.05, 0.1) is 41.0 Å². The molecule has 0 bridgehead atoms. The maximum Gasteiger partial charge on any atom is 0.214 e. The topological polar surface area (TPSA) is 137 Å². The second-order valence-electron chi connectivity index (χ2n) is 12.9. The summed E-state index contributed by atoms with van der Waals surface area (Å²) in [5.41, 5.74) is 9.97. The molecule has 0 amide bonds. The summed E-state index contributed by atoms with van der Waals surface area (Å²) in [6.07, 6.45) is 4.16. The van der Waals surface area contributed by atoms with E-state index in [1.165, 1.54) is 31.2 Å². The number of fused-ring (bicyclic) bond motifs is 1. The summed E-state index contributed by atoms with van der Waals surface area (Å²) in [4.78, 5) is 23.8. The molecule has 0 aliphatic heterocycles. The number of ether oxygens (including phenoxy) is 1. The molecule has 0 spiro atoms. The van der Waals surface area contributed by atoms with Gasteiger partial charge in [-0.25, -0.2) is 32.5 Å². The van der Waals surface area contributed by atoms with Crippen molar-refractivity contribution in [2.24, 2.45) is 0 Å². The van der Waals surface area contributed by atoms with E-state index < -0.39 is 23.3 Å². The molecule has 3 aromatic heterocycles. The zero-order valence-electron chi connectivity index (χ0n) is 31.1. The van der Waals surface area contributed by atoms with Gasteiger partial charge in [-0.3, -0.25) is 4.79 Å². The van der Waals surface area contributed by atoms with Gasteiger partial charge in [-0.1, -0.05) is 23.7 Å². The molecule has 57 heavy (non-hydrogen) atoms. The molecule has 4 N–H and O–H groups in total. The van der Waals surface area contributed by atoms with Crippen LogP contribution in [-0.4, -0.2) is 43.1 Å². The van der Waals surface area contributed by atoms with E-state index in [0.29, 0.717) is 18.7 Å². The molecule has 292 valence electrons. The van der Waals surface area contributed by atoms with Crippen molar-refractivity contribution in [2.45, 2.75) is 40.0 Å². The summed E-state index contributed by atoms with van der Waals surface area (Å²) in [5.74, 6) is -1.67. The summed E-state index contributed by atoms with van der Waals surface area (Å²) in [6.45, 7) is 4.64. The Labute approximate surface area is 330 Å². The van der Waals surface area contributed by atoms with Crippen molar-refractivity contribution in [3.8, 4) is 17.1 Å². The molecule has 0 atom stereocenters. The van der Waals surface area contributed by atoms with Crippen LogP contribution in [0.4, 0.5) is 28.9 Å². The molecular weight excluding hydrogens is 760 g/mol. The minimum atomic E-state index is -0.661. The highest BCUT2D eigenvalue weighted by Gasteiger charge is 2.19. The fourth-order valence-electron chi connectivity index (χ4n) is 6.12. The van der Waals surface area contributed by atoms with E-state index in [4.69, 9.17) is 32.5 Å². The zero-order valence-corrected chi connectivity index (χ0v) is 31.8. The van der Waals surface area contributed by atoms with Gasteiger partial charge >= 0.3 is 0 Å². The maximum atomic E-state index is 15.6. The number of imidazole rings is 2. The molecule has 15 heteroatoms. The van der Waals surface area contributed by atoms with Gasteiger partial charge in [-0.2, -0.15) is 0 Å². The van der Waals surface area contributed by atoms with E-state index in [1.807, 2.05) is 41.3 Å². The number of aromatic nitrogens is 5. The van der Waals surface area contributed by atoms with Crippen molar-refractivity contribution < 1.29 is 27.1 Å². The van der Waals surface area contributed by atoms with E-state index in [1.54, 1.807) is 36.8 Å². The quantitative estimate of drug-likeness (QED) is 0.0485. The predicted octanol–water partition coefficient (Wildman–Crippen LogP) is 9.25. The standard InChI is InChI=1S/C33H28ClF3N6O.C9H9FN2O/c1-3-42-19-39-16-24(42)17-43-31-10-9-23(38-2)14-30(31)40-32(43)12-21-11-28(37)25(15-27(21)36)29-5-4-6-33(41-29)44-18-20-7-8-22(34)13-26(20)35;1-5(11)7-2-6(4-13)3-8(10)9(7)12/h4-11,13-16,19,38H,3,12,17-18H2,1-2H3;2-4,11H,12H2,1H3.